The topological polar surface area (TPSA) is 77.2 Å². The van der Waals surface area contributed by atoms with Gasteiger partial charge in [0.25, 0.3) is 5.22 Å². The molecule has 0 aliphatic carbocycles. The molecule has 0 aliphatic rings. The van der Waals surface area contributed by atoms with E-state index in [-0.39, 0.29) is 5.91 Å². The predicted molar refractivity (Wildman–Crippen MR) is 104 cm³/mol. The highest BCUT2D eigenvalue weighted by atomic mass is 32.2. The molecule has 0 saturated carbocycles. The first-order valence-electron chi connectivity index (χ1n) is 7.94. The maximum Gasteiger partial charge on any atom is 0.256 e. The number of oxazole rings is 1. The van der Waals surface area contributed by atoms with Crippen molar-refractivity contribution in [3.05, 3.63) is 42.5 Å². The van der Waals surface area contributed by atoms with Crippen LogP contribution in [0.3, 0.4) is 0 Å². The molecular formula is C18H15N3O3S2. The van der Waals surface area contributed by atoms with E-state index in [2.05, 4.69) is 15.3 Å². The molecule has 2 aromatic carbocycles. The molecule has 4 rings (SSSR count). The van der Waals surface area contributed by atoms with Gasteiger partial charge in [0.1, 0.15) is 11.3 Å². The van der Waals surface area contributed by atoms with E-state index < -0.39 is 0 Å². The van der Waals surface area contributed by atoms with Crippen molar-refractivity contribution in [3.8, 4) is 5.75 Å². The first-order chi connectivity index (χ1) is 12.7. The van der Waals surface area contributed by atoms with Gasteiger partial charge in [0.2, 0.25) is 5.91 Å². The number of aromatic nitrogens is 2. The van der Waals surface area contributed by atoms with Crippen LogP contribution in [0.4, 0.5) is 5.13 Å². The van der Waals surface area contributed by atoms with Gasteiger partial charge in [0, 0.05) is 12.2 Å². The number of anilines is 1. The van der Waals surface area contributed by atoms with E-state index in [1.165, 1.54) is 23.1 Å². The zero-order chi connectivity index (χ0) is 17.9. The van der Waals surface area contributed by atoms with Crippen LogP contribution in [0.25, 0.3) is 21.3 Å². The van der Waals surface area contributed by atoms with Gasteiger partial charge in [-0.15, -0.1) is 0 Å². The first kappa shape index (κ1) is 16.9. The normalized spacial score (nSPS) is 11.1. The second-order valence-corrected chi connectivity index (χ2v) is 7.52. The Morgan fingerprint density at radius 2 is 2.12 bits per heavy atom. The summed E-state index contributed by atoms with van der Waals surface area (Å²) in [6.45, 7) is 0. The molecule has 4 aromatic rings. The molecule has 0 bridgehead atoms. The Hall–Kier alpha value is -2.58. The Morgan fingerprint density at radius 3 is 2.96 bits per heavy atom. The molecular weight excluding hydrogens is 370 g/mol. The van der Waals surface area contributed by atoms with Gasteiger partial charge in [0.15, 0.2) is 10.7 Å². The smallest absolute Gasteiger partial charge is 0.256 e. The minimum Gasteiger partial charge on any atom is -0.497 e. The van der Waals surface area contributed by atoms with Crippen LogP contribution in [0.2, 0.25) is 0 Å². The number of fused-ring (bicyclic) bond motifs is 2. The van der Waals surface area contributed by atoms with Gasteiger partial charge in [-0.3, -0.25) is 4.79 Å². The molecule has 6 nitrogen and oxygen atoms in total. The molecule has 1 amide bonds. The van der Waals surface area contributed by atoms with Crippen LogP contribution in [-0.4, -0.2) is 28.7 Å². The number of hydrogen-bond donors (Lipinski definition) is 1. The van der Waals surface area contributed by atoms with E-state index in [1.807, 2.05) is 42.5 Å². The molecule has 2 aromatic heterocycles. The summed E-state index contributed by atoms with van der Waals surface area (Å²) >= 11 is 2.85. The summed E-state index contributed by atoms with van der Waals surface area (Å²) in [6.07, 6.45) is 0.350. The molecule has 1 N–H and O–H groups in total. The Bertz CT molecular complexity index is 1040. The van der Waals surface area contributed by atoms with E-state index in [1.54, 1.807) is 7.11 Å². The number of amides is 1. The third kappa shape index (κ3) is 3.66. The highest BCUT2D eigenvalue weighted by molar-refractivity contribution is 7.99. The third-order valence-electron chi connectivity index (χ3n) is 3.67. The fraction of sp³-hybridized carbons (Fsp3) is 0.167. The number of para-hydroxylation sites is 2. The van der Waals surface area contributed by atoms with Gasteiger partial charge >= 0.3 is 0 Å². The maximum absolute atomic E-state index is 12.1. The van der Waals surface area contributed by atoms with E-state index in [0.717, 1.165) is 27.1 Å². The highest BCUT2D eigenvalue weighted by Gasteiger charge is 2.10. The Labute approximate surface area is 157 Å². The maximum atomic E-state index is 12.1. The second-order valence-electron chi connectivity index (χ2n) is 5.45. The molecule has 0 fully saturated rings. The lowest BCUT2D eigenvalue weighted by molar-refractivity contribution is -0.115. The van der Waals surface area contributed by atoms with Crippen LogP contribution in [0, 0.1) is 0 Å². The molecule has 0 aliphatic heterocycles. The molecule has 8 heteroatoms. The molecule has 0 saturated heterocycles. The number of thioether (sulfide) groups is 1. The summed E-state index contributed by atoms with van der Waals surface area (Å²) in [5.74, 6) is 1.27. The van der Waals surface area contributed by atoms with Crippen molar-refractivity contribution < 1.29 is 13.9 Å². The van der Waals surface area contributed by atoms with Crippen LogP contribution in [0.15, 0.2) is 52.1 Å². The molecule has 0 spiro atoms. The van der Waals surface area contributed by atoms with Crippen molar-refractivity contribution in [1.29, 1.82) is 0 Å². The number of thiazole rings is 1. The van der Waals surface area contributed by atoms with Crippen molar-refractivity contribution in [2.45, 2.75) is 11.6 Å². The van der Waals surface area contributed by atoms with Crippen LogP contribution in [0.1, 0.15) is 6.42 Å². The van der Waals surface area contributed by atoms with Gasteiger partial charge in [-0.1, -0.05) is 35.2 Å². The van der Waals surface area contributed by atoms with Crippen molar-refractivity contribution in [2.24, 2.45) is 0 Å². The van der Waals surface area contributed by atoms with Gasteiger partial charge < -0.3 is 14.5 Å². The lowest BCUT2D eigenvalue weighted by Gasteiger charge is -1.99. The van der Waals surface area contributed by atoms with Crippen LogP contribution < -0.4 is 10.1 Å². The standard InChI is InChI=1S/C18H15N3O3S2/c1-23-11-6-7-13-15(10-11)26-17(19-13)21-16(22)8-9-25-18-20-12-4-2-3-5-14(12)24-18/h2-7,10H,8-9H2,1H3,(H,19,21,22). The summed E-state index contributed by atoms with van der Waals surface area (Å²) in [6, 6.07) is 13.2. The minimum atomic E-state index is -0.0837. The molecule has 0 radical (unpaired) electrons. The zero-order valence-corrected chi connectivity index (χ0v) is 15.5. The summed E-state index contributed by atoms with van der Waals surface area (Å²) in [5, 5.41) is 4.01. The zero-order valence-electron chi connectivity index (χ0n) is 13.9. The van der Waals surface area contributed by atoms with E-state index in [4.69, 9.17) is 9.15 Å². The molecule has 0 unspecified atom stereocenters. The van der Waals surface area contributed by atoms with Gasteiger partial charge in [-0.25, -0.2) is 9.97 Å². The van der Waals surface area contributed by atoms with Crippen molar-refractivity contribution in [3.63, 3.8) is 0 Å². The summed E-state index contributed by atoms with van der Waals surface area (Å²) < 4.78 is 11.8. The molecule has 2 heterocycles. The Balaban J connectivity index is 1.33. The number of rotatable bonds is 6. The number of benzene rings is 2. The second kappa shape index (κ2) is 7.35. The van der Waals surface area contributed by atoms with E-state index in [0.29, 0.717) is 22.5 Å². The summed E-state index contributed by atoms with van der Waals surface area (Å²) in [7, 11) is 1.62. The quantitative estimate of drug-likeness (QED) is 0.490. The average Bonchev–Trinajstić information content (AvgIpc) is 3.23. The number of carbonyl (C=O) groups is 1. The van der Waals surface area contributed by atoms with Crippen molar-refractivity contribution >= 4 is 55.5 Å². The first-order valence-corrected chi connectivity index (χ1v) is 9.74. The number of hydrogen-bond acceptors (Lipinski definition) is 7. The van der Waals surface area contributed by atoms with Crippen LogP contribution in [-0.2, 0) is 4.79 Å². The average molecular weight is 385 g/mol. The SMILES string of the molecule is COc1ccc2nc(NC(=O)CCSc3nc4ccccc4o3)sc2c1. The molecule has 0 atom stereocenters. The number of ether oxygens (including phenoxy) is 1. The summed E-state index contributed by atoms with van der Waals surface area (Å²) in [4.78, 5) is 20.9. The van der Waals surface area contributed by atoms with Crippen molar-refractivity contribution in [1.82, 2.24) is 9.97 Å². The van der Waals surface area contributed by atoms with Gasteiger partial charge in [-0.2, -0.15) is 0 Å². The largest absolute Gasteiger partial charge is 0.497 e. The fourth-order valence-electron chi connectivity index (χ4n) is 2.41. The lowest BCUT2D eigenvalue weighted by Crippen LogP contribution is -2.11. The number of nitrogens with one attached hydrogen (secondary N) is 1. The minimum absolute atomic E-state index is 0.0837. The highest BCUT2D eigenvalue weighted by Crippen LogP contribution is 2.29. The van der Waals surface area contributed by atoms with Crippen molar-refractivity contribution in [2.75, 3.05) is 18.2 Å². The van der Waals surface area contributed by atoms with Crippen LogP contribution >= 0.6 is 23.1 Å². The monoisotopic (exact) mass is 385 g/mol. The van der Waals surface area contributed by atoms with Crippen LogP contribution in [0.5, 0.6) is 5.75 Å². The van der Waals surface area contributed by atoms with E-state index >= 15 is 0 Å². The third-order valence-corrected chi connectivity index (χ3v) is 5.43. The molecule has 26 heavy (non-hydrogen) atoms. The number of methoxy groups -OCH3 is 1. The Morgan fingerprint density at radius 1 is 1.23 bits per heavy atom. The predicted octanol–water partition coefficient (Wildman–Crippen LogP) is 4.57. The fourth-order valence-corrected chi connectivity index (χ4v) is 4.10. The van der Waals surface area contributed by atoms with E-state index in [9.17, 15) is 4.79 Å². The Kier molecular flexibility index (Phi) is 4.77. The number of nitrogens with zero attached hydrogens (tertiary/aromatic N) is 2. The lowest BCUT2D eigenvalue weighted by atomic mass is 10.3. The summed E-state index contributed by atoms with van der Waals surface area (Å²) in [5.41, 5.74) is 2.42. The van der Waals surface area contributed by atoms with Gasteiger partial charge in [-0.05, 0) is 30.3 Å². The van der Waals surface area contributed by atoms with Gasteiger partial charge in [0.05, 0.1) is 17.3 Å². The number of carbonyl (C=O) groups excluding carboxylic acids is 1. The molecule has 132 valence electrons.